The molecule has 0 radical (unpaired) electrons. The van der Waals surface area contributed by atoms with Crippen LogP contribution in [0, 0.1) is 12.3 Å². The van der Waals surface area contributed by atoms with Crippen LogP contribution in [0.1, 0.15) is 19.3 Å². The molecule has 0 saturated carbocycles. The Bertz CT molecular complexity index is 335. The molecule has 0 aliphatic heterocycles. The van der Waals surface area contributed by atoms with E-state index in [9.17, 15) is 4.79 Å². The minimum atomic E-state index is 0.0918. The molecule has 2 nitrogen and oxygen atoms in total. The lowest BCUT2D eigenvalue weighted by Gasteiger charge is -2.04. The average molecular weight is 202 g/mol. The minimum Gasteiger partial charge on any atom is -0.486 e. The van der Waals surface area contributed by atoms with Crippen molar-refractivity contribution in [2.75, 3.05) is 6.61 Å². The maximum absolute atomic E-state index is 11.3. The summed E-state index contributed by atoms with van der Waals surface area (Å²) in [6, 6.07) is 9.31. The zero-order valence-corrected chi connectivity index (χ0v) is 8.61. The van der Waals surface area contributed by atoms with E-state index in [4.69, 9.17) is 11.2 Å². The Labute approximate surface area is 90.3 Å². The summed E-state index contributed by atoms with van der Waals surface area (Å²) < 4.78 is 5.30. The van der Waals surface area contributed by atoms with Crippen LogP contribution in [0.15, 0.2) is 30.3 Å². The molecule has 0 aliphatic rings. The maximum Gasteiger partial charge on any atom is 0.170 e. The van der Waals surface area contributed by atoms with Crippen LogP contribution in [0.3, 0.4) is 0 Å². The molecule has 1 rings (SSSR count). The van der Waals surface area contributed by atoms with Gasteiger partial charge in [-0.3, -0.25) is 4.79 Å². The summed E-state index contributed by atoms with van der Waals surface area (Å²) in [5.74, 6) is 3.32. The zero-order valence-electron chi connectivity index (χ0n) is 8.61. The molecule has 0 fully saturated rings. The lowest BCUT2D eigenvalue weighted by Crippen LogP contribution is -2.10. The van der Waals surface area contributed by atoms with Crippen molar-refractivity contribution >= 4 is 5.78 Å². The van der Waals surface area contributed by atoms with Gasteiger partial charge in [-0.15, -0.1) is 12.3 Å². The summed E-state index contributed by atoms with van der Waals surface area (Å²) in [5.41, 5.74) is 0. The molecule has 0 aromatic heterocycles. The van der Waals surface area contributed by atoms with Crippen LogP contribution in [0.25, 0.3) is 0 Å². The quantitative estimate of drug-likeness (QED) is 0.523. The highest BCUT2D eigenvalue weighted by Gasteiger charge is 2.01. The number of carbonyl (C=O) groups excluding carboxylic acids is 1. The minimum absolute atomic E-state index is 0.0918. The van der Waals surface area contributed by atoms with Crippen molar-refractivity contribution in [1.82, 2.24) is 0 Å². The van der Waals surface area contributed by atoms with Crippen molar-refractivity contribution < 1.29 is 9.53 Å². The van der Waals surface area contributed by atoms with E-state index in [1.54, 1.807) is 0 Å². The Morgan fingerprint density at radius 3 is 2.73 bits per heavy atom. The highest BCUT2D eigenvalue weighted by molar-refractivity contribution is 5.79. The largest absolute Gasteiger partial charge is 0.486 e. The molecule has 0 saturated heterocycles. The molecule has 1 aromatic rings. The van der Waals surface area contributed by atoms with Gasteiger partial charge >= 0.3 is 0 Å². The highest BCUT2D eigenvalue weighted by Crippen LogP contribution is 2.08. The highest BCUT2D eigenvalue weighted by atomic mass is 16.5. The van der Waals surface area contributed by atoms with Gasteiger partial charge in [0.2, 0.25) is 0 Å². The van der Waals surface area contributed by atoms with Gasteiger partial charge in [0.05, 0.1) is 0 Å². The predicted octanol–water partition coefficient (Wildman–Crippen LogP) is 2.44. The van der Waals surface area contributed by atoms with E-state index < -0.39 is 0 Å². The molecular formula is C13H14O2. The Kier molecular flexibility index (Phi) is 5.03. The van der Waals surface area contributed by atoms with Gasteiger partial charge in [0, 0.05) is 12.8 Å². The maximum atomic E-state index is 11.3. The van der Waals surface area contributed by atoms with Crippen molar-refractivity contribution in [1.29, 1.82) is 0 Å². The number of unbranched alkanes of at least 4 members (excludes halogenated alkanes) is 1. The van der Waals surface area contributed by atoms with E-state index in [1.807, 2.05) is 30.3 Å². The number of carbonyl (C=O) groups is 1. The molecular weight excluding hydrogens is 188 g/mol. The van der Waals surface area contributed by atoms with E-state index in [-0.39, 0.29) is 12.4 Å². The molecule has 0 N–H and O–H groups in total. The van der Waals surface area contributed by atoms with Crippen LogP contribution in [0.4, 0.5) is 0 Å². The summed E-state index contributed by atoms with van der Waals surface area (Å²) >= 11 is 0. The molecule has 15 heavy (non-hydrogen) atoms. The molecule has 2 heteroatoms. The van der Waals surface area contributed by atoms with Crippen molar-refractivity contribution in [2.24, 2.45) is 0 Å². The first-order valence-electron chi connectivity index (χ1n) is 4.96. The zero-order chi connectivity index (χ0) is 10.9. The van der Waals surface area contributed by atoms with Crippen molar-refractivity contribution in [3.05, 3.63) is 30.3 Å². The first kappa shape index (κ1) is 11.3. The van der Waals surface area contributed by atoms with Crippen LogP contribution in [-0.4, -0.2) is 12.4 Å². The van der Waals surface area contributed by atoms with E-state index >= 15 is 0 Å². The summed E-state index contributed by atoms with van der Waals surface area (Å²) in [4.78, 5) is 11.3. The van der Waals surface area contributed by atoms with Gasteiger partial charge in [0.25, 0.3) is 0 Å². The monoisotopic (exact) mass is 202 g/mol. The summed E-state index contributed by atoms with van der Waals surface area (Å²) in [7, 11) is 0. The Morgan fingerprint density at radius 2 is 2.07 bits per heavy atom. The third kappa shape index (κ3) is 4.87. The fraction of sp³-hybridized carbons (Fsp3) is 0.308. The van der Waals surface area contributed by atoms with Gasteiger partial charge in [-0.05, 0) is 18.6 Å². The lowest BCUT2D eigenvalue weighted by molar-refractivity contribution is -0.121. The van der Waals surface area contributed by atoms with Crippen molar-refractivity contribution in [3.8, 4) is 18.1 Å². The number of Topliss-reactive ketones (excluding diaryl/α,β-unsaturated/α-hetero) is 1. The number of hydrogen-bond donors (Lipinski definition) is 0. The van der Waals surface area contributed by atoms with Gasteiger partial charge < -0.3 is 4.74 Å². The van der Waals surface area contributed by atoms with Gasteiger partial charge in [-0.2, -0.15) is 0 Å². The SMILES string of the molecule is C#CCCCC(=O)COc1ccccc1. The molecule has 78 valence electrons. The number of ketones is 1. The second-order valence-corrected chi connectivity index (χ2v) is 3.20. The standard InChI is InChI=1S/C13H14O2/c1-2-3-5-8-12(14)11-15-13-9-6-4-7-10-13/h1,4,6-7,9-10H,3,5,8,11H2. The third-order valence-corrected chi connectivity index (χ3v) is 1.92. The van der Waals surface area contributed by atoms with Crippen molar-refractivity contribution in [2.45, 2.75) is 19.3 Å². The van der Waals surface area contributed by atoms with Crippen LogP contribution >= 0.6 is 0 Å². The van der Waals surface area contributed by atoms with Crippen LogP contribution in [0.5, 0.6) is 5.75 Å². The average Bonchev–Trinajstić information content (AvgIpc) is 2.28. The van der Waals surface area contributed by atoms with E-state index in [2.05, 4.69) is 5.92 Å². The number of benzene rings is 1. The Balaban J connectivity index is 2.20. The first-order valence-corrected chi connectivity index (χ1v) is 4.96. The number of para-hydroxylation sites is 1. The fourth-order valence-electron chi connectivity index (χ4n) is 1.14. The molecule has 0 unspecified atom stereocenters. The van der Waals surface area contributed by atoms with Gasteiger partial charge in [-0.25, -0.2) is 0 Å². The number of hydrogen-bond acceptors (Lipinski definition) is 2. The molecule has 0 heterocycles. The molecule has 1 aromatic carbocycles. The number of terminal acetylenes is 1. The summed E-state index contributed by atoms with van der Waals surface area (Å²) in [6.45, 7) is 0.134. The summed E-state index contributed by atoms with van der Waals surface area (Å²) in [6.07, 6.45) is 6.98. The smallest absolute Gasteiger partial charge is 0.170 e. The fourth-order valence-corrected chi connectivity index (χ4v) is 1.14. The lowest BCUT2D eigenvalue weighted by atomic mass is 10.2. The van der Waals surface area contributed by atoms with E-state index in [0.29, 0.717) is 12.8 Å². The molecule has 0 atom stereocenters. The van der Waals surface area contributed by atoms with Gasteiger partial charge in [-0.1, -0.05) is 18.2 Å². The molecule has 0 amide bonds. The van der Waals surface area contributed by atoms with E-state index in [0.717, 1.165) is 12.2 Å². The van der Waals surface area contributed by atoms with Crippen molar-refractivity contribution in [3.63, 3.8) is 0 Å². The molecule has 0 aliphatic carbocycles. The molecule has 0 spiro atoms. The second-order valence-electron chi connectivity index (χ2n) is 3.20. The normalized spacial score (nSPS) is 9.27. The van der Waals surface area contributed by atoms with Crippen LogP contribution in [-0.2, 0) is 4.79 Å². The number of rotatable bonds is 6. The topological polar surface area (TPSA) is 26.3 Å². The Hall–Kier alpha value is -1.75. The first-order chi connectivity index (χ1) is 7.33. The third-order valence-electron chi connectivity index (χ3n) is 1.92. The van der Waals surface area contributed by atoms with Crippen LogP contribution in [0.2, 0.25) is 0 Å². The Morgan fingerprint density at radius 1 is 1.33 bits per heavy atom. The van der Waals surface area contributed by atoms with Gasteiger partial charge in [0.15, 0.2) is 5.78 Å². The predicted molar refractivity (Wildman–Crippen MR) is 59.6 cm³/mol. The van der Waals surface area contributed by atoms with E-state index in [1.165, 1.54) is 0 Å². The number of ether oxygens (including phenoxy) is 1. The summed E-state index contributed by atoms with van der Waals surface area (Å²) in [5, 5.41) is 0. The van der Waals surface area contributed by atoms with Gasteiger partial charge in [0.1, 0.15) is 12.4 Å². The molecule has 0 bridgehead atoms. The van der Waals surface area contributed by atoms with Crippen LogP contribution < -0.4 is 4.74 Å². The second kappa shape index (κ2) is 6.67.